The number of nitro groups is 1. The van der Waals surface area contributed by atoms with Gasteiger partial charge in [0.15, 0.2) is 0 Å². The highest BCUT2D eigenvalue weighted by molar-refractivity contribution is 5.66. The third-order valence-electron chi connectivity index (χ3n) is 5.63. The van der Waals surface area contributed by atoms with Crippen LogP contribution in [0.15, 0.2) is 54.9 Å². The molecule has 1 fully saturated rings. The van der Waals surface area contributed by atoms with Gasteiger partial charge >= 0.3 is 0 Å². The quantitative estimate of drug-likeness (QED) is 0.197. The van der Waals surface area contributed by atoms with Crippen LogP contribution in [-0.4, -0.2) is 35.7 Å². The SMILES string of the molecule is Cc1cc(C#CCN(N)/C=C(\N)c2ccc([N+](=O)[O-])cc2)ccc1/C(N)=C/NCC1CCCCO1. The minimum Gasteiger partial charge on any atom is -0.397 e. The Morgan fingerprint density at radius 3 is 2.66 bits per heavy atom. The lowest BCUT2D eigenvalue weighted by Crippen LogP contribution is -2.29. The molecule has 0 bridgehead atoms. The van der Waals surface area contributed by atoms with Crippen LogP contribution in [-0.2, 0) is 4.74 Å². The number of benzene rings is 2. The topological polar surface area (TPSA) is 146 Å². The molecule has 1 unspecified atom stereocenters. The first kappa shape index (κ1) is 25.6. The molecule has 1 atom stereocenters. The molecule has 2 aromatic rings. The van der Waals surface area contributed by atoms with E-state index in [2.05, 4.69) is 17.2 Å². The average Bonchev–Trinajstić information content (AvgIpc) is 2.84. The van der Waals surface area contributed by atoms with Gasteiger partial charge in [0.25, 0.3) is 5.69 Å². The van der Waals surface area contributed by atoms with Crippen LogP contribution in [0.1, 0.15) is 41.5 Å². The summed E-state index contributed by atoms with van der Waals surface area (Å²) in [7, 11) is 0. The third-order valence-corrected chi connectivity index (χ3v) is 5.63. The number of ether oxygens (including phenoxy) is 1. The Morgan fingerprint density at radius 1 is 1.23 bits per heavy atom. The summed E-state index contributed by atoms with van der Waals surface area (Å²) in [5.74, 6) is 12.1. The summed E-state index contributed by atoms with van der Waals surface area (Å²) >= 11 is 0. The highest BCUT2D eigenvalue weighted by Crippen LogP contribution is 2.17. The molecule has 35 heavy (non-hydrogen) atoms. The molecule has 3 rings (SSSR count). The van der Waals surface area contributed by atoms with E-state index in [9.17, 15) is 10.1 Å². The number of hydrogen-bond acceptors (Lipinski definition) is 8. The van der Waals surface area contributed by atoms with Crippen LogP contribution in [0, 0.1) is 28.9 Å². The molecule has 0 aromatic heterocycles. The maximum atomic E-state index is 10.8. The number of non-ortho nitro benzene ring substituents is 1. The molecular weight excluding hydrogens is 444 g/mol. The maximum Gasteiger partial charge on any atom is 0.269 e. The van der Waals surface area contributed by atoms with Crippen LogP contribution < -0.4 is 22.6 Å². The van der Waals surface area contributed by atoms with E-state index in [1.54, 1.807) is 18.3 Å². The van der Waals surface area contributed by atoms with Crippen molar-refractivity contribution < 1.29 is 9.66 Å². The van der Waals surface area contributed by atoms with Gasteiger partial charge in [-0.25, -0.2) is 5.84 Å². The summed E-state index contributed by atoms with van der Waals surface area (Å²) in [4.78, 5) is 10.3. The number of rotatable bonds is 8. The smallest absolute Gasteiger partial charge is 0.269 e. The first-order chi connectivity index (χ1) is 16.8. The molecule has 9 heteroatoms. The van der Waals surface area contributed by atoms with Crippen molar-refractivity contribution >= 4 is 17.1 Å². The van der Waals surface area contributed by atoms with E-state index in [-0.39, 0.29) is 18.3 Å². The van der Waals surface area contributed by atoms with E-state index in [1.165, 1.54) is 23.6 Å². The van der Waals surface area contributed by atoms with Gasteiger partial charge in [-0.1, -0.05) is 17.9 Å². The second-order valence-corrected chi connectivity index (χ2v) is 8.39. The summed E-state index contributed by atoms with van der Waals surface area (Å²) in [6.45, 7) is 3.83. The molecule has 0 aliphatic carbocycles. The molecule has 9 nitrogen and oxygen atoms in total. The minimum atomic E-state index is -0.460. The Hall–Kier alpha value is -4.00. The van der Waals surface area contributed by atoms with Crippen molar-refractivity contribution in [2.45, 2.75) is 32.3 Å². The summed E-state index contributed by atoms with van der Waals surface area (Å²) in [6, 6.07) is 11.8. The highest BCUT2D eigenvalue weighted by Gasteiger charge is 2.12. The van der Waals surface area contributed by atoms with Crippen molar-refractivity contribution in [1.29, 1.82) is 0 Å². The Balaban J connectivity index is 1.55. The van der Waals surface area contributed by atoms with E-state index < -0.39 is 4.92 Å². The molecule has 2 aromatic carbocycles. The van der Waals surface area contributed by atoms with Crippen molar-refractivity contribution in [1.82, 2.24) is 10.3 Å². The Labute approximate surface area is 205 Å². The Morgan fingerprint density at radius 2 is 2.00 bits per heavy atom. The first-order valence-electron chi connectivity index (χ1n) is 11.5. The summed E-state index contributed by atoms with van der Waals surface area (Å²) in [5.41, 5.74) is 16.8. The van der Waals surface area contributed by atoms with Crippen LogP contribution in [0.2, 0.25) is 0 Å². The number of aryl methyl sites for hydroxylation is 1. The van der Waals surface area contributed by atoms with Gasteiger partial charge in [-0.05, 0) is 61.6 Å². The van der Waals surface area contributed by atoms with E-state index in [4.69, 9.17) is 22.0 Å². The molecule has 184 valence electrons. The van der Waals surface area contributed by atoms with Crippen molar-refractivity contribution in [2.24, 2.45) is 17.3 Å². The number of hydrazine groups is 1. The predicted octanol–water partition coefficient (Wildman–Crippen LogP) is 2.80. The van der Waals surface area contributed by atoms with Crippen LogP contribution in [0.25, 0.3) is 11.4 Å². The molecular formula is C26H32N6O3. The van der Waals surface area contributed by atoms with Crippen molar-refractivity contribution in [3.8, 4) is 11.8 Å². The molecule has 0 radical (unpaired) electrons. The molecule has 0 saturated carbocycles. The third kappa shape index (κ3) is 7.78. The van der Waals surface area contributed by atoms with Gasteiger partial charge in [0, 0.05) is 48.8 Å². The zero-order valence-corrected chi connectivity index (χ0v) is 19.9. The molecule has 1 aliphatic rings. The first-order valence-corrected chi connectivity index (χ1v) is 11.5. The number of nitrogens with two attached hydrogens (primary N) is 3. The zero-order chi connectivity index (χ0) is 25.2. The van der Waals surface area contributed by atoms with E-state index in [0.29, 0.717) is 17.0 Å². The van der Waals surface area contributed by atoms with Crippen LogP contribution in [0.4, 0.5) is 5.69 Å². The van der Waals surface area contributed by atoms with Crippen molar-refractivity contribution in [2.75, 3.05) is 19.7 Å². The van der Waals surface area contributed by atoms with Crippen LogP contribution in [0.5, 0.6) is 0 Å². The lowest BCUT2D eigenvalue weighted by molar-refractivity contribution is -0.384. The Bertz CT molecular complexity index is 1140. The minimum absolute atomic E-state index is 0.000823. The van der Waals surface area contributed by atoms with Gasteiger partial charge in [0.05, 0.1) is 29.0 Å². The van der Waals surface area contributed by atoms with Crippen LogP contribution >= 0.6 is 0 Å². The largest absolute Gasteiger partial charge is 0.397 e. The number of nitrogens with zero attached hydrogens (tertiary/aromatic N) is 2. The molecule has 0 spiro atoms. The molecule has 1 saturated heterocycles. The predicted molar refractivity (Wildman–Crippen MR) is 138 cm³/mol. The zero-order valence-electron chi connectivity index (χ0n) is 19.9. The van der Waals surface area contributed by atoms with Gasteiger partial charge in [0.1, 0.15) is 0 Å². The molecule has 1 heterocycles. The maximum absolute atomic E-state index is 10.8. The summed E-state index contributed by atoms with van der Waals surface area (Å²) in [5, 5.41) is 15.4. The van der Waals surface area contributed by atoms with Gasteiger partial charge < -0.3 is 26.5 Å². The fourth-order valence-corrected chi connectivity index (χ4v) is 3.72. The number of hydrogen-bond donors (Lipinski definition) is 4. The summed E-state index contributed by atoms with van der Waals surface area (Å²) < 4.78 is 5.72. The monoisotopic (exact) mass is 476 g/mol. The van der Waals surface area contributed by atoms with Gasteiger partial charge in [-0.3, -0.25) is 10.1 Å². The van der Waals surface area contributed by atoms with E-state index in [1.807, 2.05) is 31.3 Å². The summed E-state index contributed by atoms with van der Waals surface area (Å²) in [6.07, 6.45) is 7.04. The molecule has 1 aliphatic heterocycles. The van der Waals surface area contributed by atoms with E-state index in [0.717, 1.165) is 42.7 Å². The van der Waals surface area contributed by atoms with Gasteiger partial charge in [0.2, 0.25) is 0 Å². The second-order valence-electron chi connectivity index (χ2n) is 8.39. The van der Waals surface area contributed by atoms with Crippen molar-refractivity contribution in [3.05, 3.63) is 87.2 Å². The second kappa shape index (κ2) is 12.5. The highest BCUT2D eigenvalue weighted by atomic mass is 16.6. The van der Waals surface area contributed by atoms with E-state index >= 15 is 0 Å². The van der Waals surface area contributed by atoms with Gasteiger partial charge in [-0.2, -0.15) is 0 Å². The normalized spacial score (nSPS) is 16.2. The van der Waals surface area contributed by atoms with Crippen molar-refractivity contribution in [3.63, 3.8) is 0 Å². The van der Waals surface area contributed by atoms with Crippen LogP contribution in [0.3, 0.4) is 0 Å². The Kier molecular flexibility index (Phi) is 9.12. The molecule has 0 amide bonds. The number of nitro benzene ring substituents is 1. The fraction of sp³-hybridized carbons (Fsp3) is 0.308. The lowest BCUT2D eigenvalue weighted by atomic mass is 10.0. The number of nitrogens with one attached hydrogen (secondary N) is 1. The standard InChI is InChI=1S/C26H32N6O3/c1-19-15-20(7-12-24(19)25(27)17-30-16-23-6-2-3-14-35-23)5-4-13-31(29)18-26(28)21-8-10-22(11-9-21)32(33)34/h7-12,15,17-18,23,30H,2-3,6,13-14,16,27-29H2,1H3/b25-17-,26-18-. The fourth-order valence-electron chi connectivity index (χ4n) is 3.72. The average molecular weight is 477 g/mol. The molecule has 7 N–H and O–H groups in total. The lowest BCUT2D eigenvalue weighted by Gasteiger charge is -2.22. The van der Waals surface area contributed by atoms with Gasteiger partial charge in [-0.15, -0.1) is 0 Å².